The summed E-state index contributed by atoms with van der Waals surface area (Å²) in [6, 6.07) is 3.37. The number of hydrogen-bond acceptors (Lipinski definition) is 6. The molecule has 1 aromatic carbocycles. The van der Waals surface area contributed by atoms with Crippen LogP contribution in [0, 0.1) is 0 Å². The van der Waals surface area contributed by atoms with Crippen molar-refractivity contribution in [3.8, 4) is 11.1 Å². The number of amides is 1. The molecule has 0 aliphatic heterocycles. The van der Waals surface area contributed by atoms with Gasteiger partial charge < -0.3 is 0 Å². The van der Waals surface area contributed by atoms with E-state index in [1.165, 1.54) is 6.07 Å². The van der Waals surface area contributed by atoms with Gasteiger partial charge in [-0.25, -0.2) is 23.1 Å². The van der Waals surface area contributed by atoms with Crippen LogP contribution >= 0.6 is 0 Å². The first kappa shape index (κ1) is 17.0. The van der Waals surface area contributed by atoms with Crippen LogP contribution in [-0.2, 0) is 21.0 Å². The first-order valence-corrected chi connectivity index (χ1v) is 8.16. The molecule has 130 valence electrons. The number of ketones is 1. The first-order chi connectivity index (χ1) is 11.5. The quantitative estimate of drug-likeness (QED) is 0.732. The fourth-order valence-corrected chi connectivity index (χ4v) is 3.39. The summed E-state index contributed by atoms with van der Waals surface area (Å²) < 4.78 is 63.8. The summed E-state index contributed by atoms with van der Waals surface area (Å²) in [5.41, 5.74) is -0.284. The lowest BCUT2D eigenvalue weighted by atomic mass is 10.1. The van der Waals surface area contributed by atoms with E-state index in [0.717, 1.165) is 25.3 Å². The van der Waals surface area contributed by atoms with E-state index in [1.807, 2.05) is 0 Å². The minimum Gasteiger partial charge on any atom is -0.287 e. The predicted octanol–water partition coefficient (Wildman–Crippen LogP) is 1.53. The summed E-state index contributed by atoms with van der Waals surface area (Å²) >= 11 is 0. The van der Waals surface area contributed by atoms with Gasteiger partial charge in [0.05, 0.1) is 4.90 Å². The molecule has 0 radical (unpaired) electrons. The Morgan fingerprint density at radius 2 is 1.84 bits per heavy atom. The van der Waals surface area contributed by atoms with Gasteiger partial charge in [0, 0.05) is 24.2 Å². The molecule has 2 aromatic rings. The Kier molecular flexibility index (Phi) is 3.64. The van der Waals surface area contributed by atoms with Crippen molar-refractivity contribution in [2.75, 3.05) is 0 Å². The number of alkyl halides is 3. The van der Waals surface area contributed by atoms with Gasteiger partial charge in [-0.2, -0.15) is 13.2 Å². The number of hydrogen-bond donors (Lipinski definition) is 1. The average Bonchev–Trinajstić information content (AvgIpc) is 2.78. The number of fused-ring (bicyclic) bond motifs is 3. The van der Waals surface area contributed by atoms with Gasteiger partial charge >= 0.3 is 6.18 Å². The Hall–Kier alpha value is -2.82. The zero-order valence-corrected chi connectivity index (χ0v) is 13.2. The Bertz CT molecular complexity index is 1030. The van der Waals surface area contributed by atoms with Gasteiger partial charge in [-0.3, -0.25) is 9.59 Å². The van der Waals surface area contributed by atoms with Gasteiger partial charge in [0.1, 0.15) is 5.69 Å². The maximum Gasteiger partial charge on any atom is 0.451 e. The van der Waals surface area contributed by atoms with Gasteiger partial charge in [-0.1, -0.05) is 6.07 Å². The summed E-state index contributed by atoms with van der Waals surface area (Å²) in [6.45, 7) is 1.00. The molecular formula is C14H8F3N3O4S. The lowest BCUT2D eigenvalue weighted by molar-refractivity contribution is -0.145. The highest BCUT2D eigenvalue weighted by molar-refractivity contribution is 7.90. The molecule has 1 aliphatic rings. The number of carbonyl (C=O) groups excluding carboxylic acids is 2. The summed E-state index contributed by atoms with van der Waals surface area (Å²) in [5.74, 6) is -3.13. The topological polar surface area (TPSA) is 106 Å². The standard InChI is InChI=1S/C14H8F3N3O4S/c1-6(21)20-25(23,24)7-2-3-8-9(4-7)12(22)11-10(8)5-18-13(19-11)14(15,16)17/h2-5H,1H3,(H,20,21). The predicted molar refractivity (Wildman–Crippen MR) is 76.9 cm³/mol. The van der Waals surface area contributed by atoms with Crippen LogP contribution in [0.2, 0.25) is 0 Å². The third-order valence-corrected chi connectivity index (χ3v) is 4.80. The van der Waals surface area contributed by atoms with Gasteiger partial charge in [0.2, 0.25) is 17.5 Å². The van der Waals surface area contributed by atoms with E-state index in [0.29, 0.717) is 0 Å². The number of halogens is 3. The van der Waals surface area contributed by atoms with Gasteiger partial charge in [0.25, 0.3) is 10.0 Å². The molecule has 1 aliphatic carbocycles. The van der Waals surface area contributed by atoms with Crippen LogP contribution < -0.4 is 4.72 Å². The zero-order chi connectivity index (χ0) is 18.6. The van der Waals surface area contributed by atoms with Crippen LogP contribution in [0.3, 0.4) is 0 Å². The van der Waals surface area contributed by atoms with Crippen LogP contribution in [0.4, 0.5) is 13.2 Å². The van der Waals surface area contributed by atoms with Crippen LogP contribution in [0.15, 0.2) is 29.3 Å². The van der Waals surface area contributed by atoms with E-state index in [-0.39, 0.29) is 21.6 Å². The molecule has 0 saturated carbocycles. The normalized spacial score (nSPS) is 13.4. The summed E-state index contributed by atoms with van der Waals surface area (Å²) in [7, 11) is -4.19. The van der Waals surface area contributed by atoms with Crippen LogP contribution in [0.25, 0.3) is 11.1 Å². The molecule has 1 aromatic heterocycles. The van der Waals surface area contributed by atoms with Crippen molar-refractivity contribution in [2.45, 2.75) is 18.0 Å². The van der Waals surface area contributed by atoms with Crippen molar-refractivity contribution >= 4 is 21.7 Å². The Balaban J connectivity index is 2.11. The molecule has 1 heterocycles. The number of sulfonamides is 1. The van der Waals surface area contributed by atoms with Crippen LogP contribution in [-0.4, -0.2) is 30.1 Å². The molecule has 0 fully saturated rings. The maximum atomic E-state index is 12.7. The van der Waals surface area contributed by atoms with Crippen molar-refractivity contribution in [3.63, 3.8) is 0 Å². The molecule has 0 unspecified atom stereocenters. The number of rotatable bonds is 2. The molecule has 25 heavy (non-hydrogen) atoms. The van der Waals surface area contributed by atoms with E-state index in [2.05, 4.69) is 9.97 Å². The largest absolute Gasteiger partial charge is 0.451 e. The SMILES string of the molecule is CC(=O)NS(=O)(=O)c1ccc2c(c1)C(=O)c1nc(C(F)(F)F)ncc1-2. The second kappa shape index (κ2) is 5.34. The third-order valence-electron chi connectivity index (χ3n) is 3.37. The van der Waals surface area contributed by atoms with Crippen LogP contribution in [0.5, 0.6) is 0 Å². The fraction of sp³-hybridized carbons (Fsp3) is 0.143. The number of nitrogens with zero attached hydrogens (tertiary/aromatic N) is 2. The van der Waals surface area contributed by atoms with Crippen molar-refractivity contribution in [1.29, 1.82) is 0 Å². The zero-order valence-electron chi connectivity index (χ0n) is 12.4. The van der Waals surface area contributed by atoms with Crippen molar-refractivity contribution in [1.82, 2.24) is 14.7 Å². The van der Waals surface area contributed by atoms with Gasteiger partial charge in [-0.05, 0) is 17.7 Å². The molecule has 7 nitrogen and oxygen atoms in total. The molecule has 1 N–H and O–H groups in total. The molecule has 0 saturated heterocycles. The third kappa shape index (κ3) is 2.86. The number of aromatic nitrogens is 2. The molecule has 0 atom stereocenters. The Morgan fingerprint density at radius 1 is 1.16 bits per heavy atom. The Morgan fingerprint density at radius 3 is 2.44 bits per heavy atom. The highest BCUT2D eigenvalue weighted by atomic mass is 32.2. The van der Waals surface area contributed by atoms with Gasteiger partial charge in [0.15, 0.2) is 0 Å². The summed E-state index contributed by atoms with van der Waals surface area (Å²) in [5, 5.41) is 0. The van der Waals surface area contributed by atoms with E-state index >= 15 is 0 Å². The summed E-state index contributed by atoms with van der Waals surface area (Å²) in [4.78, 5) is 29.4. The number of carbonyl (C=O) groups is 2. The smallest absolute Gasteiger partial charge is 0.287 e. The number of nitrogens with one attached hydrogen (secondary N) is 1. The summed E-state index contributed by atoms with van der Waals surface area (Å²) in [6.07, 6.45) is -3.94. The van der Waals surface area contributed by atoms with Gasteiger partial charge in [-0.15, -0.1) is 0 Å². The first-order valence-electron chi connectivity index (χ1n) is 6.67. The van der Waals surface area contributed by atoms with E-state index in [4.69, 9.17) is 0 Å². The van der Waals surface area contributed by atoms with Crippen LogP contribution in [0.1, 0.15) is 28.8 Å². The molecular weight excluding hydrogens is 363 g/mol. The minimum atomic E-state index is -4.82. The minimum absolute atomic E-state index is 0.0801. The highest BCUT2D eigenvalue weighted by Crippen LogP contribution is 2.37. The molecule has 0 spiro atoms. The molecule has 0 bridgehead atoms. The van der Waals surface area contributed by atoms with E-state index in [1.54, 1.807) is 4.72 Å². The monoisotopic (exact) mass is 371 g/mol. The van der Waals surface area contributed by atoms with Crippen molar-refractivity contribution in [2.24, 2.45) is 0 Å². The van der Waals surface area contributed by atoms with E-state index in [9.17, 15) is 31.2 Å². The van der Waals surface area contributed by atoms with Crippen molar-refractivity contribution < 1.29 is 31.2 Å². The second-order valence-electron chi connectivity index (χ2n) is 5.15. The van der Waals surface area contributed by atoms with Crippen molar-refractivity contribution in [3.05, 3.63) is 41.5 Å². The Labute approximate surface area is 139 Å². The van der Waals surface area contributed by atoms with E-state index < -0.39 is 39.4 Å². The maximum absolute atomic E-state index is 12.7. The lowest BCUT2D eigenvalue weighted by Crippen LogP contribution is -2.28. The molecule has 1 amide bonds. The average molecular weight is 371 g/mol. The highest BCUT2D eigenvalue weighted by Gasteiger charge is 2.38. The lowest BCUT2D eigenvalue weighted by Gasteiger charge is -2.06. The molecule has 3 rings (SSSR count). The molecule has 11 heteroatoms. The number of benzene rings is 1. The fourth-order valence-electron chi connectivity index (χ4n) is 2.38. The second-order valence-corrected chi connectivity index (χ2v) is 6.83.